The normalized spacial score (nSPS) is 15.2. The zero-order chi connectivity index (χ0) is 26.0. The maximum atomic E-state index is 11.8. The minimum Gasteiger partial charge on any atom is -0.481 e. The van der Waals surface area contributed by atoms with Crippen molar-refractivity contribution in [3.05, 3.63) is 48.3 Å². The molecule has 0 aromatic carbocycles. The first-order valence-corrected chi connectivity index (χ1v) is 13.8. The largest absolute Gasteiger partial charge is 0.481 e. The van der Waals surface area contributed by atoms with E-state index in [1.165, 1.54) is 10.6 Å². The van der Waals surface area contributed by atoms with E-state index < -0.39 is 10.0 Å². The molecule has 5 rings (SSSR count). The van der Waals surface area contributed by atoms with Gasteiger partial charge in [-0.1, -0.05) is 0 Å². The molecule has 0 atom stereocenters. The van der Waals surface area contributed by atoms with Gasteiger partial charge in [-0.05, 0) is 31.0 Å². The first-order chi connectivity index (χ1) is 17.8. The van der Waals surface area contributed by atoms with Crippen LogP contribution in [0.3, 0.4) is 0 Å². The predicted molar refractivity (Wildman–Crippen MR) is 140 cm³/mol. The summed E-state index contributed by atoms with van der Waals surface area (Å²) in [5.74, 6) is 1.77. The first kappa shape index (κ1) is 25.0. The minimum absolute atomic E-state index is 0.512. The van der Waals surface area contributed by atoms with Gasteiger partial charge in [0.15, 0.2) is 5.65 Å². The third kappa shape index (κ3) is 5.68. The van der Waals surface area contributed by atoms with Crippen LogP contribution in [0.1, 0.15) is 11.4 Å². The molecule has 4 aromatic heterocycles. The summed E-state index contributed by atoms with van der Waals surface area (Å²) in [5, 5.41) is 3.35. The van der Waals surface area contributed by atoms with Gasteiger partial charge < -0.3 is 19.9 Å². The van der Waals surface area contributed by atoms with Crippen LogP contribution >= 0.6 is 0 Å². The summed E-state index contributed by atoms with van der Waals surface area (Å²) in [4.78, 5) is 28.0. The van der Waals surface area contributed by atoms with E-state index in [4.69, 9.17) is 14.7 Å². The van der Waals surface area contributed by atoms with Gasteiger partial charge in [0.05, 0.1) is 31.6 Å². The second-order valence-corrected chi connectivity index (χ2v) is 10.9. The molecule has 0 amide bonds. The first-order valence-electron chi connectivity index (χ1n) is 11.9. The summed E-state index contributed by atoms with van der Waals surface area (Å²) in [6.07, 6.45) is 7.17. The molecule has 0 saturated carbocycles. The highest BCUT2D eigenvalue weighted by Crippen LogP contribution is 2.32. The van der Waals surface area contributed by atoms with Crippen molar-refractivity contribution in [1.82, 2.24) is 39.1 Å². The van der Waals surface area contributed by atoms with Gasteiger partial charge in [0.2, 0.25) is 15.9 Å². The Morgan fingerprint density at radius 2 is 1.89 bits per heavy atom. The SMILES string of the molecule is COc1ccc(Nc2ncc(CCN3CCN(S(C)(=O)=O)CC3)cc2-c2nc(C)nc3[nH]cnc23)cn1. The molecule has 1 aliphatic rings. The Kier molecular flexibility index (Phi) is 7.00. The number of methoxy groups -OCH3 is 1. The molecule has 5 heterocycles. The van der Waals surface area contributed by atoms with Gasteiger partial charge in [0.25, 0.3) is 0 Å². The Morgan fingerprint density at radius 3 is 2.59 bits per heavy atom. The van der Waals surface area contributed by atoms with Gasteiger partial charge in [-0.2, -0.15) is 4.31 Å². The number of fused-ring (bicyclic) bond motifs is 1. The average molecular weight is 524 g/mol. The van der Waals surface area contributed by atoms with Crippen molar-refractivity contribution < 1.29 is 13.2 Å². The number of ether oxygens (including phenoxy) is 1. The summed E-state index contributed by atoms with van der Waals surface area (Å²) < 4.78 is 30.3. The molecule has 1 fully saturated rings. The zero-order valence-corrected chi connectivity index (χ0v) is 21.8. The quantitative estimate of drug-likeness (QED) is 0.352. The van der Waals surface area contributed by atoms with Gasteiger partial charge in [-0.25, -0.2) is 33.3 Å². The number of sulfonamides is 1. The molecular weight excluding hydrogens is 494 g/mol. The molecule has 1 aliphatic heterocycles. The van der Waals surface area contributed by atoms with Crippen molar-refractivity contribution in [3.8, 4) is 17.1 Å². The number of anilines is 2. The molecule has 0 aliphatic carbocycles. The summed E-state index contributed by atoms with van der Waals surface area (Å²) in [6.45, 7) is 5.08. The standard InChI is InChI=1S/C24H29N9O3S/c1-16-29-21(22-24(30-16)28-15-27-22)19-12-17(6-7-32-8-10-33(11-9-32)37(3,34)35)13-26-23(19)31-18-4-5-20(36-2)25-14-18/h4-5,12-15H,6-11H2,1-3H3,(H,26,31)(H,27,28,29,30). The fourth-order valence-corrected chi connectivity index (χ4v) is 5.17. The second kappa shape index (κ2) is 10.4. The maximum absolute atomic E-state index is 11.8. The molecule has 194 valence electrons. The number of imidazole rings is 1. The van der Waals surface area contributed by atoms with E-state index in [0.29, 0.717) is 60.6 Å². The van der Waals surface area contributed by atoms with E-state index in [2.05, 4.69) is 36.2 Å². The van der Waals surface area contributed by atoms with E-state index in [-0.39, 0.29) is 0 Å². The molecule has 4 aromatic rings. The zero-order valence-electron chi connectivity index (χ0n) is 21.0. The highest BCUT2D eigenvalue weighted by Gasteiger charge is 2.23. The van der Waals surface area contributed by atoms with Crippen LogP contribution in [0.4, 0.5) is 11.5 Å². The van der Waals surface area contributed by atoms with E-state index in [9.17, 15) is 8.42 Å². The van der Waals surface area contributed by atoms with Crippen molar-refractivity contribution >= 4 is 32.7 Å². The van der Waals surface area contributed by atoms with Gasteiger partial charge >= 0.3 is 0 Å². The van der Waals surface area contributed by atoms with E-state index >= 15 is 0 Å². The highest BCUT2D eigenvalue weighted by atomic mass is 32.2. The third-order valence-electron chi connectivity index (χ3n) is 6.32. The van der Waals surface area contributed by atoms with Crippen LogP contribution in [-0.4, -0.2) is 93.6 Å². The summed E-state index contributed by atoms with van der Waals surface area (Å²) in [6, 6.07) is 5.73. The molecule has 0 radical (unpaired) electrons. The number of hydrogen-bond acceptors (Lipinski definition) is 10. The Bertz CT molecular complexity index is 1500. The topological polar surface area (TPSA) is 142 Å². The van der Waals surface area contributed by atoms with Crippen LogP contribution in [0.15, 0.2) is 36.9 Å². The number of rotatable bonds is 8. The smallest absolute Gasteiger partial charge is 0.213 e. The van der Waals surface area contributed by atoms with Crippen LogP contribution in [-0.2, 0) is 16.4 Å². The number of nitrogens with zero attached hydrogens (tertiary/aromatic N) is 7. The lowest BCUT2D eigenvalue weighted by atomic mass is 10.1. The molecule has 37 heavy (non-hydrogen) atoms. The summed E-state index contributed by atoms with van der Waals surface area (Å²) in [5.41, 5.74) is 4.61. The predicted octanol–water partition coefficient (Wildman–Crippen LogP) is 1.99. The van der Waals surface area contributed by atoms with Crippen molar-refractivity contribution in [2.75, 3.05) is 51.4 Å². The van der Waals surface area contributed by atoms with Crippen LogP contribution in [0, 0.1) is 6.92 Å². The number of H-pyrrole nitrogens is 1. The lowest BCUT2D eigenvalue weighted by Gasteiger charge is -2.33. The lowest BCUT2D eigenvalue weighted by Crippen LogP contribution is -2.48. The molecule has 0 bridgehead atoms. The molecule has 12 nitrogen and oxygen atoms in total. The lowest BCUT2D eigenvalue weighted by molar-refractivity contribution is 0.191. The van der Waals surface area contributed by atoms with Crippen molar-refractivity contribution in [3.63, 3.8) is 0 Å². The fourth-order valence-electron chi connectivity index (χ4n) is 4.34. The number of nitrogens with one attached hydrogen (secondary N) is 2. The van der Waals surface area contributed by atoms with E-state index in [0.717, 1.165) is 29.8 Å². The number of aromatic amines is 1. The Labute approximate surface area is 215 Å². The monoisotopic (exact) mass is 523 g/mol. The van der Waals surface area contributed by atoms with Crippen molar-refractivity contribution in [2.24, 2.45) is 0 Å². The molecule has 2 N–H and O–H groups in total. The third-order valence-corrected chi connectivity index (χ3v) is 7.62. The number of aromatic nitrogens is 6. The second-order valence-electron chi connectivity index (χ2n) is 8.93. The van der Waals surface area contributed by atoms with Crippen molar-refractivity contribution in [1.29, 1.82) is 0 Å². The number of aryl methyl sites for hydroxylation is 1. The Hall–Kier alpha value is -3.68. The van der Waals surface area contributed by atoms with Gasteiger partial charge in [-0.15, -0.1) is 0 Å². The summed E-state index contributed by atoms with van der Waals surface area (Å²) in [7, 11) is -1.57. The Morgan fingerprint density at radius 1 is 1.08 bits per heavy atom. The minimum atomic E-state index is -3.15. The number of pyridine rings is 2. The van der Waals surface area contributed by atoms with E-state index in [1.54, 1.807) is 25.7 Å². The van der Waals surface area contributed by atoms with Gasteiger partial charge in [0.1, 0.15) is 22.9 Å². The van der Waals surface area contributed by atoms with Crippen molar-refractivity contribution in [2.45, 2.75) is 13.3 Å². The van der Waals surface area contributed by atoms with Crippen LogP contribution in [0.2, 0.25) is 0 Å². The van der Waals surface area contributed by atoms with Gasteiger partial charge in [-0.3, -0.25) is 0 Å². The molecule has 13 heteroatoms. The van der Waals surface area contributed by atoms with Crippen LogP contribution in [0.5, 0.6) is 5.88 Å². The average Bonchev–Trinajstić information content (AvgIpc) is 3.36. The van der Waals surface area contributed by atoms with E-state index in [1.807, 2.05) is 19.2 Å². The molecule has 0 unspecified atom stereocenters. The van der Waals surface area contributed by atoms with Crippen LogP contribution in [0.25, 0.3) is 22.4 Å². The fraction of sp³-hybridized carbons (Fsp3) is 0.375. The van der Waals surface area contributed by atoms with Crippen LogP contribution < -0.4 is 10.1 Å². The Balaban J connectivity index is 1.42. The number of hydrogen-bond donors (Lipinski definition) is 2. The summed E-state index contributed by atoms with van der Waals surface area (Å²) >= 11 is 0. The highest BCUT2D eigenvalue weighted by molar-refractivity contribution is 7.88. The molecule has 0 spiro atoms. The molecular formula is C24H29N9O3S. The number of piperazine rings is 1. The molecule has 1 saturated heterocycles. The maximum Gasteiger partial charge on any atom is 0.213 e. The van der Waals surface area contributed by atoms with Gasteiger partial charge in [0, 0.05) is 50.6 Å².